The molecule has 0 aliphatic carbocycles. The summed E-state index contributed by atoms with van der Waals surface area (Å²) in [6.45, 7) is 2.18. The lowest BCUT2D eigenvalue weighted by Crippen LogP contribution is -2.39. The molecule has 0 bridgehead atoms. The molecule has 1 atom stereocenters. The fourth-order valence-electron chi connectivity index (χ4n) is 3.60. The Labute approximate surface area is 157 Å². The van der Waals surface area contributed by atoms with Gasteiger partial charge in [-0.15, -0.1) is 0 Å². The highest BCUT2D eigenvalue weighted by atomic mass is 16.6. The van der Waals surface area contributed by atoms with Gasteiger partial charge >= 0.3 is 0 Å². The van der Waals surface area contributed by atoms with Crippen LogP contribution >= 0.6 is 0 Å². The molecule has 27 heavy (non-hydrogen) atoms. The van der Waals surface area contributed by atoms with Gasteiger partial charge in [-0.3, -0.25) is 14.9 Å². The highest BCUT2D eigenvalue weighted by Gasteiger charge is 2.30. The minimum absolute atomic E-state index is 0.00217. The number of nitrogens with zero attached hydrogens (tertiary/aromatic N) is 2. The van der Waals surface area contributed by atoms with Gasteiger partial charge in [0.2, 0.25) is 5.91 Å². The highest BCUT2D eigenvalue weighted by Crippen LogP contribution is 2.39. The fourth-order valence-corrected chi connectivity index (χ4v) is 3.60. The minimum atomic E-state index is -0.418. The van der Waals surface area contributed by atoms with E-state index in [0.717, 1.165) is 23.1 Å². The quantitative estimate of drug-likeness (QED) is 0.596. The van der Waals surface area contributed by atoms with Crippen molar-refractivity contribution in [1.82, 2.24) is 4.90 Å². The van der Waals surface area contributed by atoms with Crippen LogP contribution in [-0.2, 0) is 17.6 Å². The largest absolute Gasteiger partial charge is 0.493 e. The predicted molar refractivity (Wildman–Crippen MR) is 100 cm³/mol. The zero-order valence-corrected chi connectivity index (χ0v) is 15.6. The van der Waals surface area contributed by atoms with Crippen LogP contribution in [-0.4, -0.2) is 36.5 Å². The van der Waals surface area contributed by atoms with Crippen molar-refractivity contribution in [3.8, 4) is 11.5 Å². The average Bonchev–Trinajstić information content (AvgIpc) is 2.67. The Kier molecular flexibility index (Phi) is 5.30. The Hall–Kier alpha value is -3.09. The lowest BCUT2D eigenvalue weighted by Gasteiger charge is -2.37. The number of carbonyl (C=O) groups is 1. The van der Waals surface area contributed by atoms with E-state index in [4.69, 9.17) is 9.47 Å². The van der Waals surface area contributed by atoms with Crippen LogP contribution in [0.5, 0.6) is 11.5 Å². The van der Waals surface area contributed by atoms with Crippen molar-refractivity contribution >= 4 is 11.6 Å². The van der Waals surface area contributed by atoms with Crippen LogP contribution in [0.1, 0.15) is 29.7 Å². The first-order valence-electron chi connectivity index (χ1n) is 8.70. The van der Waals surface area contributed by atoms with E-state index in [9.17, 15) is 14.9 Å². The van der Waals surface area contributed by atoms with Gasteiger partial charge in [0.1, 0.15) is 0 Å². The number of nitro benzene ring substituents is 1. The summed E-state index contributed by atoms with van der Waals surface area (Å²) in [6, 6.07) is 10.2. The summed E-state index contributed by atoms with van der Waals surface area (Å²) in [5, 5.41) is 10.9. The molecule has 0 fully saturated rings. The van der Waals surface area contributed by atoms with Crippen molar-refractivity contribution in [2.75, 3.05) is 20.8 Å². The molecule has 2 aromatic rings. The first-order chi connectivity index (χ1) is 12.9. The Morgan fingerprint density at radius 2 is 1.81 bits per heavy atom. The second kappa shape index (κ2) is 7.65. The van der Waals surface area contributed by atoms with Crippen molar-refractivity contribution in [2.24, 2.45) is 0 Å². The molecular weight excluding hydrogens is 348 g/mol. The summed E-state index contributed by atoms with van der Waals surface area (Å²) in [7, 11) is 3.18. The van der Waals surface area contributed by atoms with Crippen molar-refractivity contribution in [3.63, 3.8) is 0 Å². The Morgan fingerprint density at radius 3 is 2.37 bits per heavy atom. The van der Waals surface area contributed by atoms with Crippen LogP contribution in [0.25, 0.3) is 0 Å². The van der Waals surface area contributed by atoms with Crippen molar-refractivity contribution in [1.29, 1.82) is 0 Å². The third kappa shape index (κ3) is 3.72. The number of benzene rings is 2. The SMILES string of the molecule is COc1cc2c(cc1OC)C(Cc1ccc([N+](=O)[O-])cc1)N(C(C)=O)CC2. The van der Waals surface area contributed by atoms with E-state index in [0.29, 0.717) is 24.5 Å². The number of rotatable bonds is 5. The van der Waals surface area contributed by atoms with E-state index in [1.165, 1.54) is 12.1 Å². The van der Waals surface area contributed by atoms with Gasteiger partial charge < -0.3 is 14.4 Å². The molecule has 1 heterocycles. The van der Waals surface area contributed by atoms with Gasteiger partial charge in [-0.1, -0.05) is 12.1 Å². The summed E-state index contributed by atoms with van der Waals surface area (Å²) in [4.78, 5) is 24.5. The zero-order valence-electron chi connectivity index (χ0n) is 15.6. The zero-order chi connectivity index (χ0) is 19.6. The molecule has 0 saturated carbocycles. The Bertz CT molecular complexity index is 863. The standard InChI is InChI=1S/C20H22N2O5/c1-13(23)21-9-8-15-11-19(26-2)20(27-3)12-17(15)18(21)10-14-4-6-16(7-5-14)22(24)25/h4-7,11-12,18H,8-10H2,1-3H3. The van der Waals surface area contributed by atoms with E-state index in [-0.39, 0.29) is 17.6 Å². The molecular formula is C20H22N2O5. The molecule has 1 aliphatic heterocycles. The maximum absolute atomic E-state index is 12.2. The van der Waals surface area contributed by atoms with Gasteiger partial charge in [0.25, 0.3) is 5.69 Å². The van der Waals surface area contributed by atoms with Crippen LogP contribution in [0.3, 0.4) is 0 Å². The molecule has 0 spiro atoms. The van der Waals surface area contributed by atoms with Crippen LogP contribution < -0.4 is 9.47 Å². The predicted octanol–water partition coefficient (Wildman–Crippen LogP) is 3.30. The van der Waals surface area contributed by atoms with Crippen LogP contribution in [0, 0.1) is 10.1 Å². The van der Waals surface area contributed by atoms with Gasteiger partial charge in [0.15, 0.2) is 11.5 Å². The Morgan fingerprint density at radius 1 is 1.19 bits per heavy atom. The van der Waals surface area contributed by atoms with E-state index in [1.807, 2.05) is 17.0 Å². The summed E-state index contributed by atoms with van der Waals surface area (Å²) in [6.07, 6.45) is 1.31. The molecule has 0 radical (unpaired) electrons. The fraction of sp³-hybridized carbons (Fsp3) is 0.350. The number of non-ortho nitro benzene ring substituents is 1. The van der Waals surface area contributed by atoms with Crippen molar-refractivity contribution in [2.45, 2.75) is 25.8 Å². The van der Waals surface area contributed by atoms with Gasteiger partial charge in [0, 0.05) is 25.6 Å². The molecule has 2 aromatic carbocycles. The molecule has 142 valence electrons. The highest BCUT2D eigenvalue weighted by molar-refractivity contribution is 5.74. The molecule has 7 nitrogen and oxygen atoms in total. The second-order valence-electron chi connectivity index (χ2n) is 6.51. The monoisotopic (exact) mass is 370 g/mol. The number of methoxy groups -OCH3 is 2. The van der Waals surface area contributed by atoms with Crippen molar-refractivity contribution < 1.29 is 19.2 Å². The minimum Gasteiger partial charge on any atom is -0.493 e. The number of hydrogen-bond donors (Lipinski definition) is 0. The lowest BCUT2D eigenvalue weighted by molar-refractivity contribution is -0.384. The van der Waals surface area contributed by atoms with Gasteiger partial charge in [-0.25, -0.2) is 0 Å². The summed E-state index contributed by atoms with van der Waals surface area (Å²) >= 11 is 0. The first kappa shape index (κ1) is 18.7. The van der Waals surface area contributed by atoms with Gasteiger partial charge in [-0.2, -0.15) is 0 Å². The first-order valence-corrected chi connectivity index (χ1v) is 8.70. The molecule has 1 amide bonds. The smallest absolute Gasteiger partial charge is 0.269 e. The van der Waals surface area contributed by atoms with E-state index in [1.54, 1.807) is 33.3 Å². The summed E-state index contributed by atoms with van der Waals surface area (Å²) in [5.74, 6) is 1.29. The topological polar surface area (TPSA) is 81.9 Å². The maximum Gasteiger partial charge on any atom is 0.269 e. The Balaban J connectivity index is 2.00. The molecule has 1 unspecified atom stereocenters. The molecule has 1 aliphatic rings. The van der Waals surface area contributed by atoms with Crippen LogP contribution in [0.15, 0.2) is 36.4 Å². The number of amides is 1. The van der Waals surface area contributed by atoms with E-state index >= 15 is 0 Å². The number of nitro groups is 1. The average molecular weight is 370 g/mol. The van der Waals surface area contributed by atoms with Gasteiger partial charge in [-0.05, 0) is 41.7 Å². The lowest BCUT2D eigenvalue weighted by atomic mass is 9.88. The molecule has 0 aromatic heterocycles. The number of fused-ring (bicyclic) bond motifs is 1. The van der Waals surface area contributed by atoms with E-state index in [2.05, 4.69) is 0 Å². The molecule has 0 N–H and O–H groups in total. The normalized spacial score (nSPS) is 15.8. The second-order valence-corrected chi connectivity index (χ2v) is 6.51. The number of ether oxygens (including phenoxy) is 2. The molecule has 0 saturated heterocycles. The number of hydrogen-bond acceptors (Lipinski definition) is 5. The summed E-state index contributed by atoms with van der Waals surface area (Å²) < 4.78 is 10.8. The molecule has 3 rings (SSSR count). The molecule has 7 heteroatoms. The van der Waals surface area contributed by atoms with E-state index < -0.39 is 4.92 Å². The van der Waals surface area contributed by atoms with Gasteiger partial charge in [0.05, 0.1) is 25.2 Å². The summed E-state index contributed by atoms with van der Waals surface area (Å²) in [5.41, 5.74) is 3.13. The van der Waals surface area contributed by atoms with Crippen LogP contribution in [0.4, 0.5) is 5.69 Å². The number of carbonyl (C=O) groups excluding carboxylic acids is 1. The van der Waals surface area contributed by atoms with Crippen molar-refractivity contribution in [3.05, 3.63) is 63.2 Å². The van der Waals surface area contributed by atoms with Crippen LogP contribution in [0.2, 0.25) is 0 Å². The third-order valence-electron chi connectivity index (χ3n) is 4.98. The third-order valence-corrected chi connectivity index (χ3v) is 4.98. The maximum atomic E-state index is 12.2.